The van der Waals surface area contributed by atoms with Crippen molar-refractivity contribution in [1.29, 1.82) is 0 Å². The average molecular weight is 715 g/mol. The quantitative estimate of drug-likeness (QED) is 0.183. The standard InChI is InChI=1S/C53H34N2O/c1-2-15-37(16-3-1)52-54-47-24-11-9-20-43(47)49(55-52)36-27-25-35(26-28-36)38-21-12-22-42-41-19-8-10-23-44(41)53(48(38)42)45-31-29-33-13-4-6-17-39(33)50(45)56-51-40-18-7-5-14-34(40)30-32-46(51)53/h1-32,41,44H. The zero-order valence-corrected chi connectivity index (χ0v) is 30.4. The minimum atomic E-state index is -0.513. The number of ether oxygens (including phenoxy) is 1. The molecule has 2 atom stereocenters. The van der Waals surface area contributed by atoms with Gasteiger partial charge >= 0.3 is 0 Å². The number of hydrogen-bond acceptors (Lipinski definition) is 3. The van der Waals surface area contributed by atoms with E-state index in [0.29, 0.717) is 0 Å². The highest BCUT2D eigenvalue weighted by Gasteiger charge is 2.58. The van der Waals surface area contributed by atoms with Gasteiger partial charge in [0.15, 0.2) is 5.82 Å². The summed E-state index contributed by atoms with van der Waals surface area (Å²) in [5, 5.41) is 5.66. The Morgan fingerprint density at radius 3 is 1.82 bits per heavy atom. The van der Waals surface area contributed by atoms with E-state index in [-0.39, 0.29) is 11.8 Å². The second-order valence-corrected chi connectivity index (χ2v) is 15.2. The molecule has 8 aromatic carbocycles. The number of nitrogens with zero attached hydrogens (tertiary/aromatic N) is 2. The van der Waals surface area contributed by atoms with Gasteiger partial charge in [0.25, 0.3) is 0 Å². The van der Waals surface area contributed by atoms with Gasteiger partial charge < -0.3 is 4.74 Å². The first-order valence-corrected chi connectivity index (χ1v) is 19.4. The lowest BCUT2D eigenvalue weighted by atomic mass is 9.60. The molecule has 56 heavy (non-hydrogen) atoms. The van der Waals surface area contributed by atoms with Crippen LogP contribution in [0.5, 0.6) is 11.5 Å². The monoisotopic (exact) mass is 714 g/mol. The molecule has 1 aliphatic heterocycles. The van der Waals surface area contributed by atoms with E-state index in [1.165, 1.54) is 44.2 Å². The van der Waals surface area contributed by atoms with Crippen LogP contribution in [0.2, 0.25) is 0 Å². The topological polar surface area (TPSA) is 35.0 Å². The second kappa shape index (κ2) is 11.9. The van der Waals surface area contributed by atoms with Gasteiger partial charge in [0.05, 0.1) is 16.6 Å². The van der Waals surface area contributed by atoms with E-state index in [2.05, 4.69) is 170 Å². The Bertz CT molecular complexity index is 3040. The van der Waals surface area contributed by atoms with Crippen LogP contribution in [0.25, 0.3) is 66.2 Å². The summed E-state index contributed by atoms with van der Waals surface area (Å²) in [5.41, 5.74) is 11.0. The summed E-state index contributed by atoms with van der Waals surface area (Å²) in [7, 11) is 0. The number of benzene rings is 8. The van der Waals surface area contributed by atoms with Gasteiger partial charge in [-0.3, -0.25) is 0 Å². The summed E-state index contributed by atoms with van der Waals surface area (Å²) in [6.07, 6.45) is 9.33. The maximum absolute atomic E-state index is 7.22. The molecule has 3 aliphatic rings. The largest absolute Gasteiger partial charge is 0.455 e. The molecule has 9 aromatic rings. The third-order valence-corrected chi connectivity index (χ3v) is 12.4. The molecule has 0 amide bonds. The van der Waals surface area contributed by atoms with Crippen molar-refractivity contribution in [3.8, 4) is 45.3 Å². The van der Waals surface area contributed by atoms with Crippen LogP contribution in [-0.4, -0.2) is 9.97 Å². The van der Waals surface area contributed by atoms with Gasteiger partial charge in [0, 0.05) is 50.2 Å². The molecular formula is C53H34N2O. The molecule has 262 valence electrons. The van der Waals surface area contributed by atoms with Crippen LogP contribution in [0.3, 0.4) is 0 Å². The molecular weight excluding hydrogens is 681 g/mol. The Morgan fingerprint density at radius 1 is 0.464 bits per heavy atom. The Hall–Kier alpha value is -7.10. The van der Waals surface area contributed by atoms with Crippen molar-refractivity contribution < 1.29 is 4.74 Å². The number of fused-ring (bicyclic) bond motifs is 14. The van der Waals surface area contributed by atoms with Crippen LogP contribution in [-0.2, 0) is 5.41 Å². The smallest absolute Gasteiger partial charge is 0.160 e. The maximum atomic E-state index is 7.22. The van der Waals surface area contributed by atoms with Gasteiger partial charge in [-0.15, -0.1) is 0 Å². The normalized spacial score (nSPS) is 17.1. The molecule has 0 radical (unpaired) electrons. The molecule has 1 aromatic heterocycles. The molecule has 3 nitrogen and oxygen atoms in total. The lowest BCUT2D eigenvalue weighted by Crippen LogP contribution is -2.38. The van der Waals surface area contributed by atoms with E-state index in [4.69, 9.17) is 14.7 Å². The Morgan fingerprint density at radius 2 is 1.09 bits per heavy atom. The molecule has 12 rings (SSSR count). The molecule has 2 unspecified atom stereocenters. The summed E-state index contributed by atoms with van der Waals surface area (Å²) in [4.78, 5) is 10.1. The third kappa shape index (κ3) is 4.34. The molecule has 0 N–H and O–H groups in total. The minimum Gasteiger partial charge on any atom is -0.455 e. The number of para-hydroxylation sites is 1. The number of rotatable bonds is 3. The Labute approximate surface area is 324 Å². The van der Waals surface area contributed by atoms with Gasteiger partial charge in [-0.2, -0.15) is 0 Å². The third-order valence-electron chi connectivity index (χ3n) is 12.4. The van der Waals surface area contributed by atoms with E-state index >= 15 is 0 Å². The van der Waals surface area contributed by atoms with Crippen molar-refractivity contribution in [2.45, 2.75) is 11.3 Å². The molecule has 2 aliphatic carbocycles. The highest BCUT2D eigenvalue weighted by atomic mass is 16.5. The molecule has 2 heterocycles. The Balaban J connectivity index is 1.11. The van der Waals surface area contributed by atoms with E-state index in [1.54, 1.807) is 0 Å². The van der Waals surface area contributed by atoms with Crippen molar-refractivity contribution >= 4 is 32.4 Å². The van der Waals surface area contributed by atoms with Crippen LogP contribution >= 0.6 is 0 Å². The van der Waals surface area contributed by atoms with Crippen molar-refractivity contribution in [1.82, 2.24) is 9.97 Å². The maximum Gasteiger partial charge on any atom is 0.160 e. The van der Waals surface area contributed by atoms with Crippen LogP contribution in [0.1, 0.15) is 28.2 Å². The van der Waals surface area contributed by atoms with Crippen molar-refractivity contribution in [2.75, 3.05) is 0 Å². The second-order valence-electron chi connectivity index (χ2n) is 15.2. The van der Waals surface area contributed by atoms with E-state index in [9.17, 15) is 0 Å². The predicted octanol–water partition coefficient (Wildman–Crippen LogP) is 13.2. The van der Waals surface area contributed by atoms with Gasteiger partial charge in [-0.05, 0) is 39.1 Å². The van der Waals surface area contributed by atoms with Gasteiger partial charge in [-0.25, -0.2) is 9.97 Å². The zero-order chi connectivity index (χ0) is 36.8. The fourth-order valence-electron chi connectivity index (χ4n) is 10.0. The van der Waals surface area contributed by atoms with Crippen molar-refractivity contribution in [2.24, 2.45) is 5.92 Å². The van der Waals surface area contributed by atoms with Crippen LogP contribution in [0.4, 0.5) is 0 Å². The minimum absolute atomic E-state index is 0.149. The first-order chi connectivity index (χ1) is 27.8. The fraction of sp³-hybridized carbons (Fsp3) is 0.0566. The highest BCUT2D eigenvalue weighted by Crippen LogP contribution is 2.67. The SMILES string of the molecule is C1=CC2c3cccc(-c4ccc(-c5nc(-c6ccccc6)nc6ccccc56)cc4)c3C3(c4ccc5ccccc5c4Oc4c3ccc3ccccc43)C2C=C1. The summed E-state index contributed by atoms with van der Waals surface area (Å²) in [6.45, 7) is 0. The molecule has 3 heteroatoms. The highest BCUT2D eigenvalue weighted by molar-refractivity contribution is 5.98. The lowest BCUT2D eigenvalue weighted by molar-refractivity contribution is 0.381. The summed E-state index contributed by atoms with van der Waals surface area (Å²) >= 11 is 0. The van der Waals surface area contributed by atoms with Crippen LogP contribution in [0.15, 0.2) is 194 Å². The van der Waals surface area contributed by atoms with Gasteiger partial charge in [0.2, 0.25) is 0 Å². The van der Waals surface area contributed by atoms with Crippen molar-refractivity contribution in [3.05, 3.63) is 216 Å². The fourth-order valence-corrected chi connectivity index (χ4v) is 10.0. The van der Waals surface area contributed by atoms with E-state index in [1.807, 2.05) is 24.3 Å². The molecule has 1 spiro atoms. The van der Waals surface area contributed by atoms with Crippen molar-refractivity contribution in [3.63, 3.8) is 0 Å². The summed E-state index contributed by atoms with van der Waals surface area (Å²) in [6, 6.07) is 61.1. The summed E-state index contributed by atoms with van der Waals surface area (Å²) in [5.74, 6) is 2.99. The summed E-state index contributed by atoms with van der Waals surface area (Å²) < 4.78 is 7.22. The van der Waals surface area contributed by atoms with Crippen LogP contribution in [0, 0.1) is 5.92 Å². The average Bonchev–Trinajstić information content (AvgIpc) is 3.57. The van der Waals surface area contributed by atoms with Gasteiger partial charge in [-0.1, -0.05) is 188 Å². The molecule has 0 saturated heterocycles. The first kappa shape index (κ1) is 31.3. The van der Waals surface area contributed by atoms with Gasteiger partial charge in [0.1, 0.15) is 11.5 Å². The number of allylic oxidation sites excluding steroid dienone is 4. The zero-order valence-electron chi connectivity index (χ0n) is 30.4. The molecule has 0 fully saturated rings. The number of aromatic nitrogens is 2. The lowest BCUT2D eigenvalue weighted by Gasteiger charge is -2.44. The van der Waals surface area contributed by atoms with E-state index in [0.717, 1.165) is 55.8 Å². The predicted molar refractivity (Wildman–Crippen MR) is 228 cm³/mol. The Kier molecular flexibility index (Phi) is 6.67. The number of hydrogen-bond donors (Lipinski definition) is 0. The molecule has 0 saturated carbocycles. The first-order valence-electron chi connectivity index (χ1n) is 19.4. The van der Waals surface area contributed by atoms with E-state index < -0.39 is 5.41 Å². The molecule has 0 bridgehead atoms. The van der Waals surface area contributed by atoms with Crippen LogP contribution < -0.4 is 4.74 Å².